The lowest BCUT2D eigenvalue weighted by atomic mass is 9.58. The fourth-order valence-corrected chi connectivity index (χ4v) is 7.39. The molecule has 12 nitrogen and oxygen atoms in total. The lowest BCUT2D eigenvalue weighted by Crippen LogP contribution is -2.63. The molecule has 12 heteroatoms. The van der Waals surface area contributed by atoms with Crippen molar-refractivity contribution in [3.05, 3.63) is 100 Å². The third-order valence-corrected chi connectivity index (χ3v) is 9.61. The number of ether oxygens (including phenoxy) is 1. The number of aliphatic hydroxyl groups excluding tert-OH is 2. The van der Waals surface area contributed by atoms with Gasteiger partial charge in [0.05, 0.1) is 25.1 Å². The summed E-state index contributed by atoms with van der Waals surface area (Å²) in [6.45, 7) is 0. The highest BCUT2D eigenvalue weighted by molar-refractivity contribution is 6.25. The van der Waals surface area contributed by atoms with E-state index in [1.807, 2.05) is 12.1 Å². The van der Waals surface area contributed by atoms with E-state index in [4.69, 9.17) is 10.5 Å². The van der Waals surface area contributed by atoms with Crippen LogP contribution in [0.5, 0.6) is 11.5 Å². The summed E-state index contributed by atoms with van der Waals surface area (Å²) in [6, 6.07) is 16.1. The third-order valence-electron chi connectivity index (χ3n) is 9.61. The van der Waals surface area contributed by atoms with Crippen molar-refractivity contribution in [3.63, 3.8) is 0 Å². The smallest absolute Gasteiger partial charge is 0.255 e. The molecule has 0 bridgehead atoms. The van der Waals surface area contributed by atoms with Crippen LogP contribution in [0.1, 0.15) is 27.9 Å². The van der Waals surface area contributed by atoms with E-state index in [2.05, 4.69) is 5.32 Å². The van der Waals surface area contributed by atoms with Crippen LogP contribution in [-0.4, -0.2) is 81.6 Å². The van der Waals surface area contributed by atoms with Crippen molar-refractivity contribution in [3.8, 4) is 22.6 Å². The van der Waals surface area contributed by atoms with Crippen molar-refractivity contribution in [2.24, 2.45) is 17.6 Å². The zero-order valence-electron chi connectivity index (χ0n) is 26.5. The van der Waals surface area contributed by atoms with E-state index in [1.54, 1.807) is 63.7 Å². The molecule has 2 amide bonds. The molecule has 48 heavy (non-hydrogen) atoms. The Kier molecular flexibility index (Phi) is 8.10. The number of aromatic hydroxyl groups is 1. The fraction of sp³-hybridized carbons (Fsp3) is 0.278. The van der Waals surface area contributed by atoms with Gasteiger partial charge in [-0.05, 0) is 85.4 Å². The summed E-state index contributed by atoms with van der Waals surface area (Å²) in [5, 5.41) is 48.0. The SMILES string of the molecule is COc1ccc(CC(=O)Nc2ccc(-c3ccc(O)c4c3C[C@H]3C[C@H]5[C@@H](N(C)C)C(O)=C(C(N)=O)C(=O)[C@@]5(O)C(O)=C3C4=O)cc2)cc1. The van der Waals surface area contributed by atoms with E-state index < -0.39 is 58.0 Å². The summed E-state index contributed by atoms with van der Waals surface area (Å²) in [5.74, 6) is -6.54. The van der Waals surface area contributed by atoms with Gasteiger partial charge in [0.25, 0.3) is 5.91 Å². The van der Waals surface area contributed by atoms with Crippen LogP contribution in [0, 0.1) is 11.8 Å². The molecule has 3 aromatic rings. The molecule has 3 aliphatic carbocycles. The molecule has 3 aromatic carbocycles. The fourth-order valence-electron chi connectivity index (χ4n) is 7.39. The summed E-state index contributed by atoms with van der Waals surface area (Å²) in [4.78, 5) is 53.9. The van der Waals surface area contributed by atoms with Gasteiger partial charge in [0.1, 0.15) is 28.6 Å². The van der Waals surface area contributed by atoms with Crippen molar-refractivity contribution in [1.29, 1.82) is 0 Å². The average Bonchev–Trinajstić information content (AvgIpc) is 3.03. The van der Waals surface area contributed by atoms with Crippen molar-refractivity contribution >= 4 is 29.1 Å². The number of nitrogens with zero attached hydrogens (tertiary/aromatic N) is 1. The van der Waals surface area contributed by atoms with E-state index in [-0.39, 0.29) is 42.1 Å². The van der Waals surface area contributed by atoms with Gasteiger partial charge >= 0.3 is 0 Å². The topological polar surface area (TPSA) is 200 Å². The third kappa shape index (κ3) is 5.09. The van der Waals surface area contributed by atoms with E-state index >= 15 is 0 Å². The summed E-state index contributed by atoms with van der Waals surface area (Å²) in [5.41, 5.74) is 4.75. The number of nitrogens with two attached hydrogens (primary N) is 1. The van der Waals surface area contributed by atoms with E-state index in [1.165, 1.54) is 11.0 Å². The number of benzene rings is 3. The maximum absolute atomic E-state index is 14.0. The first-order valence-electron chi connectivity index (χ1n) is 15.3. The van der Waals surface area contributed by atoms with Crippen molar-refractivity contribution < 1.29 is 44.3 Å². The molecule has 0 unspecified atom stereocenters. The summed E-state index contributed by atoms with van der Waals surface area (Å²) in [7, 11) is 4.73. The molecule has 0 aromatic heterocycles. The van der Waals surface area contributed by atoms with Crippen molar-refractivity contribution in [2.45, 2.75) is 30.9 Å². The standard InChI is InChI=1S/C36H35N3O9/c1-39(2)30-24-16-19-15-23-22(18-6-8-20(9-7-18)38-26(41)14-17-4-10-21(48-3)11-5-17)12-13-25(40)28(23)31(42)27(19)33(44)36(24,47)34(45)29(32(30)43)35(37)46/h4-13,19,24,30,40,43-44,47H,14-16H2,1-3H3,(H2,37,46)(H,38,41)/t19-,24-,30+,36-/m0/s1. The van der Waals surface area contributed by atoms with Crippen LogP contribution in [0.3, 0.4) is 0 Å². The van der Waals surface area contributed by atoms with Crippen LogP contribution >= 0.6 is 0 Å². The van der Waals surface area contributed by atoms with E-state index in [0.717, 1.165) is 5.56 Å². The lowest BCUT2D eigenvalue weighted by Gasteiger charge is -2.50. The summed E-state index contributed by atoms with van der Waals surface area (Å²) < 4.78 is 5.16. The number of methoxy groups -OCH3 is 1. The number of allylic oxidation sites excluding steroid dienone is 1. The normalized spacial score (nSPS) is 23.4. The highest BCUT2D eigenvalue weighted by Crippen LogP contribution is 2.53. The van der Waals surface area contributed by atoms with Gasteiger partial charge in [0, 0.05) is 17.2 Å². The van der Waals surface area contributed by atoms with Crippen LogP contribution in [0.2, 0.25) is 0 Å². The second kappa shape index (κ2) is 12.0. The number of carbonyl (C=O) groups is 4. The number of hydrogen-bond acceptors (Lipinski definition) is 10. The summed E-state index contributed by atoms with van der Waals surface area (Å²) in [6.07, 6.45) is 0.301. The molecule has 0 spiro atoms. The second-order valence-electron chi connectivity index (χ2n) is 12.6. The number of likely N-dealkylation sites (N-methyl/N-ethyl adjacent to an activating group) is 1. The molecule has 7 N–H and O–H groups in total. The minimum absolute atomic E-state index is 0.0139. The predicted molar refractivity (Wildman–Crippen MR) is 174 cm³/mol. The average molecular weight is 654 g/mol. The Morgan fingerprint density at radius 2 is 1.67 bits per heavy atom. The highest BCUT2D eigenvalue weighted by Gasteiger charge is 2.63. The molecular weight excluding hydrogens is 618 g/mol. The number of carbonyl (C=O) groups excluding carboxylic acids is 4. The van der Waals surface area contributed by atoms with Gasteiger partial charge in [-0.1, -0.05) is 30.3 Å². The minimum Gasteiger partial charge on any atom is -0.510 e. The number of primary amides is 1. The number of ketones is 2. The van der Waals surface area contributed by atoms with Gasteiger partial charge in [-0.2, -0.15) is 0 Å². The van der Waals surface area contributed by atoms with Gasteiger partial charge in [0.2, 0.25) is 11.7 Å². The monoisotopic (exact) mass is 653 g/mol. The predicted octanol–water partition coefficient (Wildman–Crippen LogP) is 2.98. The molecule has 0 aliphatic heterocycles. The molecule has 248 valence electrons. The van der Waals surface area contributed by atoms with Gasteiger partial charge < -0.3 is 36.2 Å². The Morgan fingerprint density at radius 3 is 2.27 bits per heavy atom. The summed E-state index contributed by atoms with van der Waals surface area (Å²) >= 11 is 0. The second-order valence-corrected chi connectivity index (χ2v) is 12.6. The van der Waals surface area contributed by atoms with Crippen LogP contribution in [0.4, 0.5) is 5.69 Å². The molecule has 4 atom stereocenters. The number of phenols is 1. The first kappa shape index (κ1) is 32.5. The molecule has 0 saturated carbocycles. The zero-order valence-corrected chi connectivity index (χ0v) is 26.5. The van der Waals surface area contributed by atoms with Crippen molar-refractivity contribution in [1.82, 2.24) is 4.90 Å². The van der Waals surface area contributed by atoms with Crippen LogP contribution in [0.25, 0.3) is 11.1 Å². The number of Topliss-reactive ketones (excluding diaryl/α,β-unsaturated/α-hetero) is 2. The number of hydrogen-bond donors (Lipinski definition) is 6. The lowest BCUT2D eigenvalue weighted by molar-refractivity contribution is -0.148. The Morgan fingerprint density at radius 1 is 1.00 bits per heavy atom. The van der Waals surface area contributed by atoms with Gasteiger partial charge in [-0.25, -0.2) is 0 Å². The molecule has 0 fully saturated rings. The van der Waals surface area contributed by atoms with Crippen LogP contribution in [-0.2, 0) is 27.2 Å². The van der Waals surface area contributed by atoms with Gasteiger partial charge in [0.15, 0.2) is 11.4 Å². The Hall–Kier alpha value is -5.46. The van der Waals surface area contributed by atoms with Crippen LogP contribution in [0.15, 0.2) is 83.3 Å². The van der Waals surface area contributed by atoms with Crippen molar-refractivity contribution in [2.75, 3.05) is 26.5 Å². The Bertz CT molecular complexity index is 1930. The number of anilines is 1. The molecule has 6 rings (SSSR count). The molecule has 3 aliphatic rings. The van der Waals surface area contributed by atoms with Gasteiger partial charge in [-0.3, -0.25) is 24.1 Å². The maximum Gasteiger partial charge on any atom is 0.255 e. The highest BCUT2D eigenvalue weighted by atomic mass is 16.5. The Labute approximate surface area is 275 Å². The maximum atomic E-state index is 14.0. The molecular formula is C36H35N3O9. The van der Waals surface area contributed by atoms with Gasteiger partial charge in [-0.15, -0.1) is 0 Å². The molecule has 0 heterocycles. The number of nitrogens with one attached hydrogen (secondary N) is 1. The first-order chi connectivity index (χ1) is 22.8. The van der Waals surface area contributed by atoms with E-state index in [0.29, 0.717) is 28.1 Å². The first-order valence-corrected chi connectivity index (χ1v) is 15.3. The quantitative estimate of drug-likeness (QED) is 0.206. The number of amides is 2. The molecule has 0 saturated heterocycles. The number of rotatable bonds is 7. The number of aliphatic hydroxyl groups is 3. The van der Waals surface area contributed by atoms with Crippen LogP contribution < -0.4 is 15.8 Å². The minimum atomic E-state index is -2.70. The Balaban J connectivity index is 1.33. The largest absolute Gasteiger partial charge is 0.510 e. The number of fused-ring (bicyclic) bond motifs is 3. The number of phenolic OH excluding ortho intramolecular Hbond substituents is 1. The zero-order chi connectivity index (χ0) is 34.7. The van der Waals surface area contributed by atoms with E-state index in [9.17, 15) is 39.6 Å². The molecule has 0 radical (unpaired) electrons.